The van der Waals surface area contributed by atoms with Gasteiger partial charge < -0.3 is 15.0 Å². The first kappa shape index (κ1) is 12.7. The molecule has 0 bridgehead atoms. The summed E-state index contributed by atoms with van der Waals surface area (Å²) in [7, 11) is 0. The van der Waals surface area contributed by atoms with Crippen LogP contribution >= 0.6 is 0 Å². The van der Waals surface area contributed by atoms with E-state index in [1.807, 2.05) is 35.8 Å². The van der Waals surface area contributed by atoms with Crippen molar-refractivity contribution in [2.75, 3.05) is 5.32 Å². The second-order valence-electron chi connectivity index (χ2n) is 5.24. The van der Waals surface area contributed by atoms with Crippen molar-refractivity contribution < 1.29 is 9.90 Å². The van der Waals surface area contributed by atoms with Crippen molar-refractivity contribution in [1.29, 1.82) is 0 Å². The molecule has 5 nitrogen and oxygen atoms in total. The highest BCUT2D eigenvalue weighted by Crippen LogP contribution is 2.37. The van der Waals surface area contributed by atoms with Crippen LogP contribution in [-0.2, 0) is 4.79 Å². The number of aromatic nitrogens is 2. The highest BCUT2D eigenvalue weighted by Gasteiger charge is 2.30. The van der Waals surface area contributed by atoms with Gasteiger partial charge in [-0.3, -0.25) is 0 Å². The smallest absolute Gasteiger partial charge is 0.332 e. The zero-order valence-corrected chi connectivity index (χ0v) is 11.3. The average molecular weight is 271 g/mol. The Morgan fingerprint density at radius 2 is 2.10 bits per heavy atom. The van der Waals surface area contributed by atoms with E-state index >= 15 is 0 Å². The zero-order valence-electron chi connectivity index (χ0n) is 11.3. The van der Waals surface area contributed by atoms with Gasteiger partial charge in [0.2, 0.25) is 0 Å². The summed E-state index contributed by atoms with van der Waals surface area (Å²) in [6, 6.07) is 7.33. The fraction of sp³-hybridized carbons (Fsp3) is 0.333. The van der Waals surface area contributed by atoms with E-state index in [1.165, 1.54) is 0 Å². The lowest BCUT2D eigenvalue weighted by atomic mass is 10.1. The SMILES string of the molecule is Cc1ccc(NC(C(=O)O)c2cncn2C2CC2)cc1. The summed E-state index contributed by atoms with van der Waals surface area (Å²) in [4.78, 5) is 15.7. The van der Waals surface area contributed by atoms with Crippen LogP contribution in [0.25, 0.3) is 0 Å². The monoisotopic (exact) mass is 271 g/mol. The molecule has 0 radical (unpaired) electrons. The molecule has 1 aromatic heterocycles. The van der Waals surface area contributed by atoms with Crippen LogP contribution in [0, 0.1) is 6.92 Å². The normalized spacial score (nSPS) is 15.8. The molecule has 1 saturated carbocycles. The first-order valence-electron chi connectivity index (χ1n) is 6.73. The Hall–Kier alpha value is -2.30. The number of rotatable bonds is 5. The molecule has 1 aliphatic rings. The van der Waals surface area contributed by atoms with E-state index < -0.39 is 12.0 Å². The lowest BCUT2D eigenvalue weighted by Gasteiger charge is -2.17. The molecule has 1 aliphatic carbocycles. The van der Waals surface area contributed by atoms with Gasteiger partial charge in [-0.05, 0) is 31.9 Å². The Kier molecular flexibility index (Phi) is 3.18. The van der Waals surface area contributed by atoms with Gasteiger partial charge in [0.25, 0.3) is 0 Å². The Morgan fingerprint density at radius 1 is 1.40 bits per heavy atom. The van der Waals surface area contributed by atoms with E-state index in [2.05, 4.69) is 10.3 Å². The molecule has 2 aromatic rings. The van der Waals surface area contributed by atoms with Gasteiger partial charge in [-0.15, -0.1) is 0 Å². The molecule has 104 valence electrons. The van der Waals surface area contributed by atoms with Crippen LogP contribution in [0.3, 0.4) is 0 Å². The predicted octanol–water partition coefficient (Wildman–Crippen LogP) is 2.76. The molecule has 1 unspecified atom stereocenters. The van der Waals surface area contributed by atoms with Crippen molar-refractivity contribution in [2.24, 2.45) is 0 Å². The lowest BCUT2D eigenvalue weighted by molar-refractivity contribution is -0.138. The van der Waals surface area contributed by atoms with Gasteiger partial charge in [-0.1, -0.05) is 17.7 Å². The average Bonchev–Trinajstić information content (AvgIpc) is 3.16. The number of aliphatic carboxylic acids is 1. The third kappa shape index (κ3) is 2.52. The molecule has 0 saturated heterocycles. The number of anilines is 1. The van der Waals surface area contributed by atoms with Crippen LogP contribution in [0.15, 0.2) is 36.8 Å². The molecular formula is C15H17N3O2. The molecular weight excluding hydrogens is 254 g/mol. The number of nitrogens with one attached hydrogen (secondary N) is 1. The minimum Gasteiger partial charge on any atom is -0.479 e. The zero-order chi connectivity index (χ0) is 14.1. The van der Waals surface area contributed by atoms with Crippen molar-refractivity contribution in [3.8, 4) is 0 Å². The molecule has 0 spiro atoms. The predicted molar refractivity (Wildman–Crippen MR) is 75.7 cm³/mol. The second kappa shape index (κ2) is 5.00. The maximum absolute atomic E-state index is 11.6. The van der Waals surface area contributed by atoms with Gasteiger partial charge in [-0.25, -0.2) is 9.78 Å². The summed E-state index contributed by atoms with van der Waals surface area (Å²) >= 11 is 0. The standard InChI is InChI=1S/C15H17N3O2/c1-10-2-4-11(5-3-10)17-14(15(19)20)13-8-16-9-18(13)12-6-7-12/h2-5,8-9,12,14,17H,6-7H2,1H3,(H,19,20). The summed E-state index contributed by atoms with van der Waals surface area (Å²) in [5.74, 6) is -0.895. The van der Waals surface area contributed by atoms with Crippen molar-refractivity contribution in [1.82, 2.24) is 9.55 Å². The minimum atomic E-state index is -0.895. The van der Waals surface area contributed by atoms with Gasteiger partial charge in [0.15, 0.2) is 6.04 Å². The summed E-state index contributed by atoms with van der Waals surface area (Å²) < 4.78 is 1.97. The van der Waals surface area contributed by atoms with Crippen LogP contribution in [0.2, 0.25) is 0 Å². The number of hydrogen-bond acceptors (Lipinski definition) is 3. The number of nitrogens with zero attached hydrogens (tertiary/aromatic N) is 2. The first-order chi connectivity index (χ1) is 9.65. The fourth-order valence-electron chi connectivity index (χ4n) is 2.27. The highest BCUT2D eigenvalue weighted by molar-refractivity contribution is 5.78. The van der Waals surface area contributed by atoms with Gasteiger partial charge in [0.1, 0.15) is 0 Å². The van der Waals surface area contributed by atoms with E-state index in [0.29, 0.717) is 11.7 Å². The number of aryl methyl sites for hydroxylation is 1. The number of carboxylic acid groups (broad SMARTS) is 1. The van der Waals surface area contributed by atoms with Crippen molar-refractivity contribution >= 4 is 11.7 Å². The molecule has 5 heteroatoms. The van der Waals surface area contributed by atoms with Gasteiger partial charge in [-0.2, -0.15) is 0 Å². The topological polar surface area (TPSA) is 67.2 Å². The molecule has 3 rings (SSSR count). The summed E-state index contributed by atoms with van der Waals surface area (Å²) in [5, 5.41) is 12.6. The molecule has 20 heavy (non-hydrogen) atoms. The first-order valence-corrected chi connectivity index (χ1v) is 6.73. The van der Waals surface area contributed by atoms with Crippen molar-refractivity contribution in [2.45, 2.75) is 31.8 Å². The molecule has 1 fully saturated rings. The van der Waals surface area contributed by atoms with Crippen LogP contribution in [0.1, 0.15) is 36.2 Å². The maximum Gasteiger partial charge on any atom is 0.332 e. The minimum absolute atomic E-state index is 0.411. The number of hydrogen-bond donors (Lipinski definition) is 2. The highest BCUT2D eigenvalue weighted by atomic mass is 16.4. The number of carboxylic acids is 1. The van der Waals surface area contributed by atoms with Crippen molar-refractivity contribution in [3.05, 3.63) is 48.0 Å². The number of carbonyl (C=O) groups is 1. The number of imidazole rings is 1. The van der Waals surface area contributed by atoms with Crippen LogP contribution in [0.5, 0.6) is 0 Å². The van der Waals surface area contributed by atoms with E-state index in [0.717, 1.165) is 24.1 Å². The molecule has 0 aliphatic heterocycles. The molecule has 0 amide bonds. The Labute approximate surface area is 117 Å². The van der Waals surface area contributed by atoms with Gasteiger partial charge in [0.05, 0.1) is 18.2 Å². The quantitative estimate of drug-likeness (QED) is 0.877. The number of benzene rings is 1. The second-order valence-corrected chi connectivity index (χ2v) is 5.24. The van der Waals surface area contributed by atoms with E-state index in [-0.39, 0.29) is 0 Å². The Bertz CT molecular complexity index is 614. The maximum atomic E-state index is 11.6. The summed E-state index contributed by atoms with van der Waals surface area (Å²) in [6.07, 6.45) is 5.55. The molecule has 1 heterocycles. The molecule has 2 N–H and O–H groups in total. The van der Waals surface area contributed by atoms with Crippen LogP contribution in [0.4, 0.5) is 5.69 Å². The third-order valence-corrected chi connectivity index (χ3v) is 3.54. The summed E-state index contributed by atoms with van der Waals surface area (Å²) in [5.41, 5.74) is 2.65. The van der Waals surface area contributed by atoms with E-state index in [9.17, 15) is 9.90 Å². The van der Waals surface area contributed by atoms with Gasteiger partial charge in [0, 0.05) is 11.7 Å². The van der Waals surface area contributed by atoms with E-state index in [1.54, 1.807) is 12.5 Å². The van der Waals surface area contributed by atoms with Crippen LogP contribution in [-0.4, -0.2) is 20.6 Å². The molecule has 1 atom stereocenters. The fourth-order valence-corrected chi connectivity index (χ4v) is 2.27. The Morgan fingerprint density at radius 3 is 2.70 bits per heavy atom. The Balaban J connectivity index is 1.87. The lowest BCUT2D eigenvalue weighted by Crippen LogP contribution is -2.23. The van der Waals surface area contributed by atoms with E-state index in [4.69, 9.17) is 0 Å². The third-order valence-electron chi connectivity index (χ3n) is 3.54. The van der Waals surface area contributed by atoms with Gasteiger partial charge >= 0.3 is 5.97 Å². The van der Waals surface area contributed by atoms with Crippen LogP contribution < -0.4 is 5.32 Å². The largest absolute Gasteiger partial charge is 0.479 e. The van der Waals surface area contributed by atoms with Crippen molar-refractivity contribution in [3.63, 3.8) is 0 Å². The molecule has 1 aromatic carbocycles. The summed E-state index contributed by atoms with van der Waals surface area (Å²) in [6.45, 7) is 2.00.